The molecule has 0 aliphatic heterocycles. The number of hydrogen-bond donors (Lipinski definition) is 3. The maximum atomic E-state index is 13.9. The molecule has 1 unspecified atom stereocenters. The Balaban J connectivity index is 1.62. The molecule has 1 aliphatic carbocycles. The Morgan fingerprint density at radius 1 is 1.10 bits per heavy atom. The molecule has 42 heavy (non-hydrogen) atoms. The van der Waals surface area contributed by atoms with E-state index in [-0.39, 0.29) is 35.8 Å². The van der Waals surface area contributed by atoms with Crippen LogP contribution in [0.1, 0.15) is 75.0 Å². The fraction of sp³-hybridized carbons (Fsp3) is 0.406. The second-order valence-corrected chi connectivity index (χ2v) is 11.7. The number of urea groups is 1. The van der Waals surface area contributed by atoms with Gasteiger partial charge in [0.15, 0.2) is 17.3 Å². The molecule has 1 fully saturated rings. The van der Waals surface area contributed by atoms with Crippen LogP contribution in [0.4, 0.5) is 9.18 Å². The lowest BCUT2D eigenvalue weighted by Gasteiger charge is -2.30. The molecule has 2 aromatic carbocycles. The number of nitrogens with one attached hydrogen (secondary N) is 2. The van der Waals surface area contributed by atoms with Gasteiger partial charge in [-0.3, -0.25) is 4.79 Å². The van der Waals surface area contributed by atoms with E-state index in [0.717, 1.165) is 12.8 Å². The Bertz CT molecular complexity index is 1470. The minimum absolute atomic E-state index is 0.0309. The summed E-state index contributed by atoms with van der Waals surface area (Å²) in [6, 6.07) is 12.4. The highest BCUT2D eigenvalue weighted by molar-refractivity contribution is 6.31. The Hall–Kier alpha value is -3.69. The van der Waals surface area contributed by atoms with Crippen molar-refractivity contribution in [3.63, 3.8) is 0 Å². The molecule has 8 nitrogen and oxygen atoms in total. The van der Waals surface area contributed by atoms with Gasteiger partial charge in [0.25, 0.3) is 0 Å². The third-order valence-electron chi connectivity index (χ3n) is 7.22. The van der Waals surface area contributed by atoms with E-state index in [2.05, 4.69) is 10.6 Å². The van der Waals surface area contributed by atoms with E-state index >= 15 is 0 Å². The molecule has 1 aliphatic rings. The van der Waals surface area contributed by atoms with Gasteiger partial charge in [-0.05, 0) is 101 Å². The zero-order chi connectivity index (χ0) is 30.7. The van der Waals surface area contributed by atoms with Gasteiger partial charge in [-0.2, -0.15) is 0 Å². The summed E-state index contributed by atoms with van der Waals surface area (Å²) in [6.07, 6.45) is 2.30. The van der Waals surface area contributed by atoms with Crippen LogP contribution >= 0.6 is 11.6 Å². The molecule has 0 saturated heterocycles. The summed E-state index contributed by atoms with van der Waals surface area (Å²) in [5.74, 6) is 0.343. The van der Waals surface area contributed by atoms with Crippen LogP contribution in [0, 0.1) is 5.82 Å². The minimum atomic E-state index is -1.52. The van der Waals surface area contributed by atoms with Gasteiger partial charge in [0.05, 0.1) is 35.2 Å². The Labute approximate surface area is 250 Å². The molecule has 0 bridgehead atoms. The predicted octanol–water partition coefficient (Wildman–Crippen LogP) is 6.52. The van der Waals surface area contributed by atoms with Crippen LogP contribution in [0.5, 0.6) is 11.5 Å². The first-order chi connectivity index (χ1) is 19.8. The average molecular weight is 598 g/mol. The molecule has 10 heteroatoms. The molecule has 4 rings (SSSR count). The molecule has 1 aromatic heterocycles. The number of benzene rings is 2. The zero-order valence-electron chi connectivity index (χ0n) is 24.5. The molecule has 1 heterocycles. The van der Waals surface area contributed by atoms with Crippen LogP contribution in [0.3, 0.4) is 0 Å². The first kappa shape index (κ1) is 31.3. The van der Waals surface area contributed by atoms with Crippen LogP contribution < -0.4 is 20.1 Å². The molecule has 2 amide bonds. The van der Waals surface area contributed by atoms with Crippen molar-refractivity contribution >= 4 is 23.4 Å². The van der Waals surface area contributed by atoms with Gasteiger partial charge in [-0.1, -0.05) is 11.6 Å². The first-order valence-electron chi connectivity index (χ1n) is 14.0. The number of Topliss-reactive ketones (excluding diaryl/α,β-unsaturated/α-hetero) is 1. The molecule has 3 N–H and O–H groups in total. The fourth-order valence-electron chi connectivity index (χ4n) is 4.46. The van der Waals surface area contributed by atoms with Crippen molar-refractivity contribution in [3.05, 3.63) is 76.2 Å². The summed E-state index contributed by atoms with van der Waals surface area (Å²) in [7, 11) is 1.53. The lowest BCUT2D eigenvalue weighted by Crippen LogP contribution is -2.46. The monoisotopic (exact) mass is 597 g/mol. The second-order valence-electron chi connectivity index (χ2n) is 11.2. The van der Waals surface area contributed by atoms with Crippen LogP contribution in [-0.4, -0.2) is 41.7 Å². The Morgan fingerprint density at radius 3 is 2.48 bits per heavy atom. The number of aromatic nitrogens is 1. The maximum Gasteiger partial charge on any atom is 0.315 e. The van der Waals surface area contributed by atoms with E-state index in [1.54, 1.807) is 43.3 Å². The summed E-state index contributed by atoms with van der Waals surface area (Å²) in [5, 5.41) is 17.2. The van der Waals surface area contributed by atoms with Crippen LogP contribution in [-0.2, 0) is 11.1 Å². The topological polar surface area (TPSA) is 110 Å². The van der Waals surface area contributed by atoms with Crippen molar-refractivity contribution in [3.8, 4) is 22.8 Å². The lowest BCUT2D eigenvalue weighted by molar-refractivity contribution is 0.0396. The summed E-state index contributed by atoms with van der Waals surface area (Å²) in [6.45, 7) is 7.51. The number of carbonyl (C=O) groups excluding carboxylic acids is 2. The molecule has 1 saturated carbocycles. The average Bonchev–Trinajstić information content (AvgIpc) is 3.77. The van der Waals surface area contributed by atoms with Crippen molar-refractivity contribution in [2.24, 2.45) is 0 Å². The number of methoxy groups -OCH3 is 1. The summed E-state index contributed by atoms with van der Waals surface area (Å²) in [4.78, 5) is 30.2. The number of hydrogen-bond acceptors (Lipinski definition) is 6. The lowest BCUT2D eigenvalue weighted by atomic mass is 9.87. The number of halogens is 2. The maximum absolute atomic E-state index is 13.9. The van der Waals surface area contributed by atoms with Gasteiger partial charge in [0.2, 0.25) is 0 Å². The van der Waals surface area contributed by atoms with Crippen molar-refractivity contribution in [2.45, 2.75) is 70.6 Å². The third kappa shape index (κ3) is 7.57. The normalized spacial score (nSPS) is 14.6. The second kappa shape index (κ2) is 12.7. The van der Waals surface area contributed by atoms with Crippen molar-refractivity contribution in [1.29, 1.82) is 0 Å². The SMILES string of the molecule is CCNC(=O)NC(C)(C)c1cc(-c2ccc(F)c(Cl)c2)nc(C(C)(O)CCC(=O)c2ccc(OC3CC3)c(OC)c2)c1. The molecule has 0 spiro atoms. The number of nitrogens with zero attached hydrogens (tertiary/aromatic N) is 1. The fourth-order valence-corrected chi connectivity index (χ4v) is 4.65. The number of ketones is 1. The van der Waals surface area contributed by atoms with Gasteiger partial charge < -0.3 is 25.2 Å². The van der Waals surface area contributed by atoms with Crippen molar-refractivity contribution in [2.75, 3.05) is 13.7 Å². The van der Waals surface area contributed by atoms with Gasteiger partial charge in [-0.25, -0.2) is 14.2 Å². The third-order valence-corrected chi connectivity index (χ3v) is 7.51. The quantitative estimate of drug-likeness (QED) is 0.205. The van der Waals surface area contributed by atoms with E-state index in [1.807, 2.05) is 20.8 Å². The first-order valence-corrected chi connectivity index (χ1v) is 14.4. The van der Waals surface area contributed by atoms with E-state index < -0.39 is 17.0 Å². The van der Waals surface area contributed by atoms with E-state index in [4.69, 9.17) is 26.1 Å². The van der Waals surface area contributed by atoms with Gasteiger partial charge >= 0.3 is 6.03 Å². The predicted molar refractivity (Wildman–Crippen MR) is 160 cm³/mol. The number of aliphatic hydroxyl groups is 1. The van der Waals surface area contributed by atoms with Crippen LogP contribution in [0.15, 0.2) is 48.5 Å². The number of rotatable bonds is 12. The molecule has 1 atom stereocenters. The van der Waals surface area contributed by atoms with Crippen LogP contribution in [0.25, 0.3) is 11.3 Å². The molecular weight excluding hydrogens is 561 g/mol. The Kier molecular flexibility index (Phi) is 9.43. The standard InChI is InChI=1S/C32H37ClFN3O5/c1-6-35-30(39)37-31(2,3)21-17-25(19-7-11-24(34)23(33)15-19)36-29(18-21)32(4,40)14-13-26(38)20-8-12-27(28(16-20)41-5)42-22-9-10-22/h7-8,11-12,15-18,22,40H,6,9-10,13-14H2,1-5H3,(H2,35,37,39). The van der Waals surface area contributed by atoms with E-state index in [9.17, 15) is 19.1 Å². The Morgan fingerprint density at radius 2 is 1.83 bits per heavy atom. The highest BCUT2D eigenvalue weighted by atomic mass is 35.5. The molecular formula is C32H37ClFN3O5. The van der Waals surface area contributed by atoms with E-state index in [1.165, 1.54) is 19.2 Å². The zero-order valence-corrected chi connectivity index (χ0v) is 25.3. The van der Waals surface area contributed by atoms with Gasteiger partial charge in [0, 0.05) is 24.1 Å². The van der Waals surface area contributed by atoms with Crippen LogP contribution in [0.2, 0.25) is 5.02 Å². The van der Waals surface area contributed by atoms with Gasteiger partial charge in [-0.15, -0.1) is 0 Å². The smallest absolute Gasteiger partial charge is 0.315 e. The van der Waals surface area contributed by atoms with Gasteiger partial charge in [0.1, 0.15) is 11.4 Å². The molecule has 0 radical (unpaired) electrons. The highest BCUT2D eigenvalue weighted by Gasteiger charge is 2.31. The highest BCUT2D eigenvalue weighted by Crippen LogP contribution is 2.36. The molecule has 3 aromatic rings. The number of pyridine rings is 1. The summed E-state index contributed by atoms with van der Waals surface area (Å²) < 4.78 is 25.2. The van der Waals surface area contributed by atoms with Crippen molar-refractivity contribution < 1.29 is 28.6 Å². The minimum Gasteiger partial charge on any atom is -0.493 e. The van der Waals surface area contributed by atoms with E-state index in [0.29, 0.717) is 46.1 Å². The molecule has 224 valence electrons. The van der Waals surface area contributed by atoms with Crippen molar-refractivity contribution in [1.82, 2.24) is 15.6 Å². The number of ether oxygens (including phenoxy) is 2. The summed E-state index contributed by atoms with van der Waals surface area (Å²) >= 11 is 6.06. The largest absolute Gasteiger partial charge is 0.493 e. The number of amides is 2. The number of carbonyl (C=O) groups is 2. The summed E-state index contributed by atoms with van der Waals surface area (Å²) in [5.41, 5.74) is -0.0468.